The highest BCUT2D eigenvalue weighted by Crippen LogP contribution is 2.40. The van der Waals surface area contributed by atoms with Gasteiger partial charge in [0.15, 0.2) is 5.69 Å². The Morgan fingerprint density at radius 1 is 1.19 bits per heavy atom. The largest absolute Gasteiger partial charge is 0.491 e. The molecule has 0 aliphatic carbocycles. The number of carbonyl (C=O) groups is 1. The van der Waals surface area contributed by atoms with Gasteiger partial charge in [-0.15, -0.1) is 0 Å². The molecule has 0 spiro atoms. The molecule has 0 saturated carbocycles. The molecule has 2 unspecified atom stereocenters. The zero-order valence-electron chi connectivity index (χ0n) is 18.0. The second-order valence-corrected chi connectivity index (χ2v) is 9.01. The Kier molecular flexibility index (Phi) is 6.82. The van der Waals surface area contributed by atoms with Crippen LogP contribution in [0.1, 0.15) is 19.8 Å². The lowest BCUT2D eigenvalue weighted by molar-refractivity contribution is 0.0530. The smallest absolute Gasteiger partial charge is 0.426 e. The number of hydrogen-bond donors (Lipinski definition) is 2. The van der Waals surface area contributed by atoms with Crippen LogP contribution in [0.4, 0.5) is 16.2 Å². The first-order valence-corrected chi connectivity index (χ1v) is 11.4. The number of fused-ring (bicyclic) bond motifs is 1. The molecule has 2 aromatic rings. The first-order chi connectivity index (χ1) is 15.0. The molecule has 2 aromatic carbocycles. The van der Waals surface area contributed by atoms with E-state index in [4.69, 9.17) is 16.3 Å². The Labute approximate surface area is 189 Å². The maximum Gasteiger partial charge on any atom is 0.426 e. The normalized spacial score (nSPS) is 22.7. The van der Waals surface area contributed by atoms with Crippen molar-refractivity contribution in [3.05, 3.63) is 53.6 Å². The van der Waals surface area contributed by atoms with Gasteiger partial charge in [-0.05, 0) is 63.2 Å². The Morgan fingerprint density at radius 2 is 1.90 bits per heavy atom. The van der Waals surface area contributed by atoms with Gasteiger partial charge in [0.2, 0.25) is 0 Å². The van der Waals surface area contributed by atoms with Crippen molar-refractivity contribution in [1.29, 1.82) is 0 Å². The zero-order chi connectivity index (χ0) is 21.8. The van der Waals surface area contributed by atoms with Crippen molar-refractivity contribution in [1.82, 2.24) is 9.38 Å². The van der Waals surface area contributed by atoms with Crippen LogP contribution in [0, 0.1) is 5.92 Å². The molecule has 2 N–H and O–H groups in total. The molecule has 1 fully saturated rings. The molecule has 6 nitrogen and oxygen atoms in total. The van der Waals surface area contributed by atoms with Gasteiger partial charge in [0.25, 0.3) is 0 Å². The molecule has 0 bridgehead atoms. The molecule has 7 heteroatoms. The molecule has 2 aliphatic heterocycles. The summed E-state index contributed by atoms with van der Waals surface area (Å²) >= 11 is 5.88. The number of aliphatic hydroxyl groups excluding tert-OH is 1. The minimum atomic E-state index is -0.544. The minimum absolute atomic E-state index is 0.0842. The van der Waals surface area contributed by atoms with E-state index >= 15 is 0 Å². The van der Waals surface area contributed by atoms with Gasteiger partial charge in [0.1, 0.15) is 24.1 Å². The number of amides is 2. The summed E-state index contributed by atoms with van der Waals surface area (Å²) in [6, 6.07) is 15.3. The number of aliphatic hydroxyl groups is 1. The molecule has 0 aromatic heterocycles. The number of piperidine rings is 1. The van der Waals surface area contributed by atoms with E-state index in [9.17, 15) is 9.90 Å². The van der Waals surface area contributed by atoms with Gasteiger partial charge in [-0.3, -0.25) is 5.32 Å². The SMILES string of the molecule is CC[N+]1(CC2CCN(CC(O)COc3ccc(Cl)cc3)CC2)C(=O)Nc2ccccc21. The number of quaternary nitrogens is 1. The fourth-order valence-electron chi connectivity index (χ4n) is 4.77. The van der Waals surface area contributed by atoms with Crippen LogP contribution < -0.4 is 14.5 Å². The number of benzene rings is 2. The third-order valence-electron chi connectivity index (χ3n) is 6.54. The maximum atomic E-state index is 12.9. The average molecular weight is 445 g/mol. The van der Waals surface area contributed by atoms with Crippen LogP contribution >= 0.6 is 11.6 Å². The Balaban J connectivity index is 1.27. The van der Waals surface area contributed by atoms with Crippen molar-refractivity contribution in [2.45, 2.75) is 25.9 Å². The third-order valence-corrected chi connectivity index (χ3v) is 6.79. The number of hydrogen-bond acceptors (Lipinski definition) is 4. The molecule has 2 heterocycles. The van der Waals surface area contributed by atoms with Gasteiger partial charge < -0.3 is 14.7 Å². The number of likely N-dealkylation sites (tertiary alicyclic amines) is 1. The molecular weight excluding hydrogens is 414 g/mol. The van der Waals surface area contributed by atoms with E-state index in [1.165, 1.54) is 0 Å². The summed E-state index contributed by atoms with van der Waals surface area (Å²) in [7, 11) is 0. The van der Waals surface area contributed by atoms with E-state index in [1.54, 1.807) is 24.3 Å². The number of nitrogens with zero attached hydrogens (tertiary/aromatic N) is 2. The standard InChI is InChI=1S/C24H30ClN3O3/c1-2-28(23-6-4-3-5-22(23)26-24(28)30)16-18-11-13-27(14-12-18)15-20(29)17-31-21-9-7-19(25)8-10-21/h3-10,18,20,29H,2,11-17H2,1H3/p+1. The topological polar surface area (TPSA) is 61.8 Å². The molecule has 0 radical (unpaired) electrons. The Bertz CT molecular complexity index is 899. The summed E-state index contributed by atoms with van der Waals surface area (Å²) in [5, 5.41) is 14.1. The van der Waals surface area contributed by atoms with E-state index in [0.29, 0.717) is 27.7 Å². The van der Waals surface area contributed by atoms with Crippen LogP contribution in [0.5, 0.6) is 5.75 Å². The van der Waals surface area contributed by atoms with Gasteiger partial charge in [0, 0.05) is 23.6 Å². The van der Waals surface area contributed by atoms with Crippen LogP contribution in [0.3, 0.4) is 0 Å². The molecule has 1 saturated heterocycles. The monoisotopic (exact) mass is 444 g/mol. The summed E-state index contributed by atoms with van der Waals surface area (Å²) < 4.78 is 6.05. The predicted octanol–water partition coefficient (Wildman–Crippen LogP) is 4.36. The van der Waals surface area contributed by atoms with Crippen molar-refractivity contribution < 1.29 is 14.6 Å². The summed E-state index contributed by atoms with van der Waals surface area (Å²) in [5.74, 6) is 1.19. The number of para-hydroxylation sites is 2. The second-order valence-electron chi connectivity index (χ2n) is 8.58. The van der Waals surface area contributed by atoms with Crippen molar-refractivity contribution in [2.75, 3.05) is 44.6 Å². The Hall–Kier alpha value is -2.12. The summed E-state index contributed by atoms with van der Waals surface area (Å²) in [6.07, 6.45) is 1.51. The van der Waals surface area contributed by atoms with E-state index < -0.39 is 6.10 Å². The van der Waals surface area contributed by atoms with Crippen LogP contribution in [0.25, 0.3) is 0 Å². The number of ether oxygens (including phenoxy) is 1. The summed E-state index contributed by atoms with van der Waals surface area (Å²) in [6.45, 7) is 6.38. The summed E-state index contributed by atoms with van der Waals surface area (Å²) in [5.41, 5.74) is 2.03. The highest BCUT2D eigenvalue weighted by Gasteiger charge is 2.47. The van der Waals surface area contributed by atoms with Gasteiger partial charge >= 0.3 is 6.03 Å². The molecule has 31 heavy (non-hydrogen) atoms. The highest BCUT2D eigenvalue weighted by atomic mass is 35.5. The number of anilines is 1. The third kappa shape index (κ3) is 4.88. The van der Waals surface area contributed by atoms with E-state index in [0.717, 1.165) is 50.4 Å². The molecule has 4 rings (SSSR count). The minimum Gasteiger partial charge on any atom is -0.491 e. The van der Waals surface area contributed by atoms with Crippen LogP contribution in [0.2, 0.25) is 5.02 Å². The number of rotatable bonds is 8. The van der Waals surface area contributed by atoms with Gasteiger partial charge in [0.05, 0.1) is 13.1 Å². The lowest BCUT2D eigenvalue weighted by Crippen LogP contribution is -2.56. The highest BCUT2D eigenvalue weighted by molar-refractivity contribution is 6.30. The Morgan fingerprint density at radius 3 is 2.61 bits per heavy atom. The fourth-order valence-corrected chi connectivity index (χ4v) is 4.90. The molecule has 2 aliphatic rings. The van der Waals surface area contributed by atoms with Crippen molar-refractivity contribution in [2.24, 2.45) is 5.92 Å². The van der Waals surface area contributed by atoms with Crippen LogP contribution in [-0.2, 0) is 0 Å². The molecular formula is C24H31ClN3O3+. The lowest BCUT2D eigenvalue weighted by Gasteiger charge is -2.37. The number of urea groups is 1. The number of carbonyl (C=O) groups excluding carboxylic acids is 1. The first-order valence-electron chi connectivity index (χ1n) is 11.1. The van der Waals surface area contributed by atoms with Crippen molar-refractivity contribution >= 4 is 29.0 Å². The molecule has 2 atom stereocenters. The maximum absolute atomic E-state index is 12.9. The number of nitrogens with one attached hydrogen (secondary N) is 1. The fraction of sp³-hybridized carbons (Fsp3) is 0.458. The molecule has 166 valence electrons. The zero-order valence-corrected chi connectivity index (χ0v) is 18.7. The van der Waals surface area contributed by atoms with Crippen molar-refractivity contribution in [3.63, 3.8) is 0 Å². The van der Waals surface area contributed by atoms with Gasteiger partial charge in [-0.1, -0.05) is 23.7 Å². The van der Waals surface area contributed by atoms with E-state index in [-0.39, 0.29) is 12.6 Å². The van der Waals surface area contributed by atoms with Gasteiger partial charge in [-0.25, -0.2) is 9.28 Å². The van der Waals surface area contributed by atoms with E-state index in [2.05, 4.69) is 23.2 Å². The number of halogens is 1. The van der Waals surface area contributed by atoms with Crippen LogP contribution in [0.15, 0.2) is 48.5 Å². The number of β-amino-alcohol motifs (C(OH)–C–C–N with tert-alkyl or cyclic N) is 1. The van der Waals surface area contributed by atoms with E-state index in [1.807, 2.05) is 18.2 Å². The average Bonchev–Trinajstić information content (AvgIpc) is 3.06. The second kappa shape index (κ2) is 9.57. The quantitative estimate of drug-likeness (QED) is 0.594. The summed E-state index contributed by atoms with van der Waals surface area (Å²) in [4.78, 5) is 15.2. The first kappa shape index (κ1) is 22.1. The van der Waals surface area contributed by atoms with Crippen molar-refractivity contribution in [3.8, 4) is 5.75 Å². The van der Waals surface area contributed by atoms with Crippen LogP contribution in [-0.4, -0.2) is 61.5 Å². The van der Waals surface area contributed by atoms with Gasteiger partial charge in [-0.2, -0.15) is 0 Å². The lowest BCUT2D eigenvalue weighted by atomic mass is 9.94. The predicted molar refractivity (Wildman–Crippen MR) is 125 cm³/mol. The molecule has 2 amide bonds.